The molecule has 2 N–H and O–H groups in total. The highest BCUT2D eigenvalue weighted by atomic mass is 16.3. The molecule has 0 aliphatic heterocycles. The minimum Gasteiger partial charge on any atom is -0.390 e. The zero-order valence-electron chi connectivity index (χ0n) is 9.71. The van der Waals surface area contributed by atoms with Gasteiger partial charge in [0.2, 0.25) is 0 Å². The van der Waals surface area contributed by atoms with Crippen molar-refractivity contribution < 1.29 is 10.2 Å². The first kappa shape index (κ1) is 13.9. The molecule has 0 aliphatic rings. The Morgan fingerprint density at radius 2 is 1.36 bits per heavy atom. The second kappa shape index (κ2) is 9.47. The quantitative estimate of drug-likeness (QED) is 0.564. The molecule has 2 nitrogen and oxygen atoms in total. The Kier molecular flexibility index (Phi) is 9.42. The first-order valence-electron chi connectivity index (χ1n) is 6.08. The van der Waals surface area contributed by atoms with Crippen molar-refractivity contribution in [2.45, 2.75) is 77.4 Å². The van der Waals surface area contributed by atoms with E-state index < -0.39 is 12.2 Å². The van der Waals surface area contributed by atoms with Crippen LogP contribution in [0.2, 0.25) is 0 Å². The minimum absolute atomic E-state index is 0.508. The highest BCUT2D eigenvalue weighted by Crippen LogP contribution is 2.11. The van der Waals surface area contributed by atoms with Crippen LogP contribution in [0.1, 0.15) is 65.2 Å². The second-order valence-electron chi connectivity index (χ2n) is 4.10. The van der Waals surface area contributed by atoms with Gasteiger partial charge in [0.25, 0.3) is 0 Å². The van der Waals surface area contributed by atoms with Gasteiger partial charge in [-0.15, -0.1) is 0 Å². The molecule has 0 aliphatic carbocycles. The molecule has 2 heteroatoms. The van der Waals surface area contributed by atoms with Crippen molar-refractivity contribution in [2.75, 3.05) is 0 Å². The van der Waals surface area contributed by atoms with E-state index in [9.17, 15) is 10.2 Å². The number of unbranched alkanes of at least 4 members (excludes halogenated alkanes) is 5. The molecule has 0 bridgehead atoms. The summed E-state index contributed by atoms with van der Waals surface area (Å²) in [6.45, 7) is 4.11. The number of hydrogen-bond acceptors (Lipinski definition) is 2. The molecule has 2 atom stereocenters. The summed E-state index contributed by atoms with van der Waals surface area (Å²) < 4.78 is 0. The molecule has 0 unspecified atom stereocenters. The summed E-state index contributed by atoms with van der Waals surface area (Å²) >= 11 is 0. The van der Waals surface area contributed by atoms with Gasteiger partial charge in [0, 0.05) is 0 Å². The van der Waals surface area contributed by atoms with Crippen LogP contribution in [0.3, 0.4) is 0 Å². The van der Waals surface area contributed by atoms with Crippen LogP contribution < -0.4 is 0 Å². The van der Waals surface area contributed by atoms with Crippen LogP contribution in [-0.4, -0.2) is 22.4 Å². The van der Waals surface area contributed by atoms with E-state index in [1.54, 1.807) is 0 Å². The Hall–Kier alpha value is -0.0800. The van der Waals surface area contributed by atoms with E-state index in [4.69, 9.17) is 0 Å². The van der Waals surface area contributed by atoms with E-state index in [-0.39, 0.29) is 0 Å². The molecule has 0 saturated heterocycles. The number of aliphatic hydroxyl groups excluding tert-OH is 2. The molecule has 0 amide bonds. The highest BCUT2D eigenvalue weighted by molar-refractivity contribution is 4.65. The van der Waals surface area contributed by atoms with E-state index >= 15 is 0 Å². The van der Waals surface area contributed by atoms with Gasteiger partial charge in [-0.1, -0.05) is 52.4 Å². The number of aliphatic hydroxyl groups is 2. The maximum Gasteiger partial charge on any atom is 0.0799 e. The Labute approximate surface area is 88.3 Å². The van der Waals surface area contributed by atoms with Crippen LogP contribution in [0.4, 0.5) is 0 Å². The standard InChI is InChI=1S/C12H26O2/c1-3-5-6-7-8-9-10-12(14)11(13)4-2/h11-14H,3-10H2,1-2H3/t11-,12+/m0/s1. The van der Waals surface area contributed by atoms with Gasteiger partial charge in [-0.25, -0.2) is 0 Å². The summed E-state index contributed by atoms with van der Waals surface area (Å²) in [5.41, 5.74) is 0. The van der Waals surface area contributed by atoms with E-state index in [2.05, 4.69) is 6.92 Å². The van der Waals surface area contributed by atoms with Crippen LogP contribution >= 0.6 is 0 Å². The first-order chi connectivity index (χ1) is 6.72. The lowest BCUT2D eigenvalue weighted by atomic mass is 10.0. The lowest BCUT2D eigenvalue weighted by Gasteiger charge is -2.15. The van der Waals surface area contributed by atoms with Gasteiger partial charge in [0.05, 0.1) is 12.2 Å². The Morgan fingerprint density at radius 3 is 1.93 bits per heavy atom. The lowest BCUT2D eigenvalue weighted by molar-refractivity contribution is 0.0114. The average Bonchev–Trinajstić information content (AvgIpc) is 2.21. The fourth-order valence-electron chi connectivity index (χ4n) is 1.60. The molecular formula is C12H26O2. The van der Waals surface area contributed by atoms with Crippen molar-refractivity contribution in [2.24, 2.45) is 0 Å². The summed E-state index contributed by atoms with van der Waals surface area (Å²) in [5.74, 6) is 0. The van der Waals surface area contributed by atoms with Crippen LogP contribution in [0, 0.1) is 0 Å². The van der Waals surface area contributed by atoms with Crippen LogP contribution in [0.5, 0.6) is 0 Å². The third-order valence-corrected chi connectivity index (χ3v) is 2.72. The fourth-order valence-corrected chi connectivity index (χ4v) is 1.60. The van der Waals surface area contributed by atoms with Crippen molar-refractivity contribution in [1.82, 2.24) is 0 Å². The van der Waals surface area contributed by atoms with Crippen molar-refractivity contribution in [1.29, 1.82) is 0 Å². The maximum atomic E-state index is 9.47. The maximum absolute atomic E-state index is 9.47. The fraction of sp³-hybridized carbons (Fsp3) is 1.00. The predicted molar refractivity (Wildman–Crippen MR) is 60.3 cm³/mol. The third kappa shape index (κ3) is 7.34. The molecule has 0 rings (SSSR count). The Morgan fingerprint density at radius 1 is 0.786 bits per heavy atom. The minimum atomic E-state index is -0.523. The molecule has 0 heterocycles. The lowest BCUT2D eigenvalue weighted by Crippen LogP contribution is -2.24. The summed E-state index contributed by atoms with van der Waals surface area (Å²) in [5, 5.41) is 18.8. The summed E-state index contributed by atoms with van der Waals surface area (Å²) in [7, 11) is 0. The summed E-state index contributed by atoms with van der Waals surface area (Å²) in [6, 6.07) is 0. The monoisotopic (exact) mass is 202 g/mol. The predicted octanol–water partition coefficient (Wildman–Crippen LogP) is 2.87. The van der Waals surface area contributed by atoms with Crippen molar-refractivity contribution in [3.05, 3.63) is 0 Å². The summed E-state index contributed by atoms with van der Waals surface area (Å²) in [6.07, 6.45) is 7.77. The Balaban J connectivity index is 3.18. The van der Waals surface area contributed by atoms with Crippen molar-refractivity contribution in [3.63, 3.8) is 0 Å². The first-order valence-corrected chi connectivity index (χ1v) is 6.08. The Bertz CT molecular complexity index is 115. The molecular weight excluding hydrogens is 176 g/mol. The molecule has 0 radical (unpaired) electrons. The van der Waals surface area contributed by atoms with Crippen LogP contribution in [-0.2, 0) is 0 Å². The normalized spacial score (nSPS) is 15.4. The van der Waals surface area contributed by atoms with Gasteiger partial charge in [0.15, 0.2) is 0 Å². The van der Waals surface area contributed by atoms with Gasteiger partial charge in [-0.05, 0) is 12.8 Å². The molecule has 0 aromatic heterocycles. The van der Waals surface area contributed by atoms with E-state index in [1.165, 1.54) is 32.1 Å². The van der Waals surface area contributed by atoms with E-state index in [0.29, 0.717) is 6.42 Å². The molecule has 14 heavy (non-hydrogen) atoms. The van der Waals surface area contributed by atoms with Crippen molar-refractivity contribution in [3.8, 4) is 0 Å². The van der Waals surface area contributed by atoms with E-state index in [0.717, 1.165) is 12.8 Å². The number of rotatable bonds is 9. The second-order valence-corrected chi connectivity index (χ2v) is 4.10. The average molecular weight is 202 g/mol. The van der Waals surface area contributed by atoms with Gasteiger partial charge < -0.3 is 10.2 Å². The highest BCUT2D eigenvalue weighted by Gasteiger charge is 2.12. The zero-order chi connectivity index (χ0) is 10.8. The van der Waals surface area contributed by atoms with Gasteiger partial charge >= 0.3 is 0 Å². The van der Waals surface area contributed by atoms with Crippen molar-refractivity contribution >= 4 is 0 Å². The molecule has 0 aromatic carbocycles. The van der Waals surface area contributed by atoms with Gasteiger partial charge in [-0.2, -0.15) is 0 Å². The van der Waals surface area contributed by atoms with E-state index in [1.807, 2.05) is 6.92 Å². The SMILES string of the molecule is CCCCCCCC[C@@H](O)[C@@H](O)CC. The molecule has 86 valence electrons. The van der Waals surface area contributed by atoms with Crippen LogP contribution in [0.15, 0.2) is 0 Å². The number of hydrogen-bond donors (Lipinski definition) is 2. The van der Waals surface area contributed by atoms with Crippen LogP contribution in [0.25, 0.3) is 0 Å². The molecule has 0 aromatic rings. The van der Waals surface area contributed by atoms with Gasteiger partial charge in [-0.3, -0.25) is 0 Å². The largest absolute Gasteiger partial charge is 0.390 e. The third-order valence-electron chi connectivity index (χ3n) is 2.72. The smallest absolute Gasteiger partial charge is 0.0799 e. The molecule has 0 fully saturated rings. The van der Waals surface area contributed by atoms with Gasteiger partial charge in [0.1, 0.15) is 0 Å². The topological polar surface area (TPSA) is 40.5 Å². The summed E-state index contributed by atoms with van der Waals surface area (Å²) in [4.78, 5) is 0. The molecule has 0 spiro atoms. The zero-order valence-corrected chi connectivity index (χ0v) is 9.71. The molecule has 0 saturated carbocycles.